The predicted molar refractivity (Wildman–Crippen MR) is 105 cm³/mol. The maximum Gasteiger partial charge on any atom is 0.266 e. The van der Waals surface area contributed by atoms with Gasteiger partial charge in [0.05, 0.1) is 22.3 Å². The smallest absolute Gasteiger partial charge is 0.266 e. The van der Waals surface area contributed by atoms with Crippen LogP contribution in [0.15, 0.2) is 56.8 Å². The summed E-state index contributed by atoms with van der Waals surface area (Å²) in [6, 6.07) is 11.8. The van der Waals surface area contributed by atoms with Gasteiger partial charge >= 0.3 is 0 Å². The lowest BCUT2D eigenvalue weighted by Crippen LogP contribution is -2.22. The molecule has 0 aliphatic rings. The van der Waals surface area contributed by atoms with E-state index in [1.165, 1.54) is 22.4 Å². The molecule has 8 heteroatoms. The second-order valence-electron chi connectivity index (χ2n) is 6.22. The molecule has 142 valence electrons. The van der Waals surface area contributed by atoms with E-state index in [4.69, 9.17) is 4.42 Å². The molecule has 0 fully saturated rings. The molecule has 6 nitrogen and oxygen atoms in total. The molecular formula is C20H17FN4O2S. The third kappa shape index (κ3) is 3.43. The summed E-state index contributed by atoms with van der Waals surface area (Å²) in [5, 5.41) is 8.85. The number of benzene rings is 2. The summed E-state index contributed by atoms with van der Waals surface area (Å²) in [5.74, 6) is 0.982. The molecule has 0 aliphatic heterocycles. The van der Waals surface area contributed by atoms with Crippen molar-refractivity contribution in [3.8, 4) is 5.69 Å². The van der Waals surface area contributed by atoms with Crippen molar-refractivity contribution in [3.05, 3.63) is 76.0 Å². The molecule has 0 saturated carbocycles. The van der Waals surface area contributed by atoms with Gasteiger partial charge in [-0.05, 0) is 36.8 Å². The zero-order chi connectivity index (χ0) is 19.7. The summed E-state index contributed by atoms with van der Waals surface area (Å²) >= 11 is 1.29. The molecule has 0 atom stereocenters. The minimum absolute atomic E-state index is 0.254. The van der Waals surface area contributed by atoms with Gasteiger partial charge in [0.1, 0.15) is 5.82 Å². The zero-order valence-electron chi connectivity index (χ0n) is 15.3. The van der Waals surface area contributed by atoms with Crippen LogP contribution in [-0.4, -0.2) is 19.7 Å². The minimum Gasteiger partial charge on any atom is -0.424 e. The van der Waals surface area contributed by atoms with Crippen LogP contribution in [-0.2, 0) is 12.2 Å². The lowest BCUT2D eigenvalue weighted by molar-refractivity contribution is 0.469. The number of hydrogen-bond acceptors (Lipinski definition) is 6. The maximum absolute atomic E-state index is 14.2. The number of rotatable bonds is 5. The van der Waals surface area contributed by atoms with E-state index in [9.17, 15) is 9.18 Å². The molecule has 2 aromatic heterocycles. The highest BCUT2D eigenvalue weighted by Crippen LogP contribution is 2.25. The van der Waals surface area contributed by atoms with Crippen LogP contribution in [0.2, 0.25) is 0 Å². The number of aryl methyl sites for hydroxylation is 2. The summed E-state index contributed by atoms with van der Waals surface area (Å²) in [6.45, 7) is 3.61. The number of nitrogens with zero attached hydrogens (tertiary/aromatic N) is 4. The van der Waals surface area contributed by atoms with Crippen LogP contribution in [0.3, 0.4) is 0 Å². The van der Waals surface area contributed by atoms with Crippen molar-refractivity contribution in [2.24, 2.45) is 0 Å². The quantitative estimate of drug-likeness (QED) is 0.374. The van der Waals surface area contributed by atoms with Crippen LogP contribution >= 0.6 is 11.8 Å². The molecule has 28 heavy (non-hydrogen) atoms. The van der Waals surface area contributed by atoms with Gasteiger partial charge in [-0.1, -0.05) is 36.9 Å². The highest BCUT2D eigenvalue weighted by atomic mass is 32.2. The molecule has 4 aromatic rings. The van der Waals surface area contributed by atoms with Crippen molar-refractivity contribution in [3.63, 3.8) is 0 Å². The zero-order valence-corrected chi connectivity index (χ0v) is 16.2. The van der Waals surface area contributed by atoms with Gasteiger partial charge in [-0.25, -0.2) is 9.37 Å². The summed E-state index contributed by atoms with van der Waals surface area (Å²) in [6.07, 6.45) is 0.652. The van der Waals surface area contributed by atoms with Crippen molar-refractivity contribution < 1.29 is 8.81 Å². The molecule has 0 unspecified atom stereocenters. The Morgan fingerprint density at radius 2 is 1.93 bits per heavy atom. The molecular weight excluding hydrogens is 379 g/mol. The van der Waals surface area contributed by atoms with Crippen molar-refractivity contribution >= 4 is 22.7 Å². The van der Waals surface area contributed by atoms with E-state index >= 15 is 0 Å². The first-order valence-electron chi connectivity index (χ1n) is 8.79. The van der Waals surface area contributed by atoms with E-state index in [1.54, 1.807) is 37.3 Å². The summed E-state index contributed by atoms with van der Waals surface area (Å²) < 4.78 is 21.1. The Labute approximate surface area is 164 Å². The molecule has 0 aliphatic carbocycles. The number of thioether (sulfide) groups is 1. The molecule has 0 spiro atoms. The molecule has 0 bridgehead atoms. The van der Waals surface area contributed by atoms with Crippen molar-refractivity contribution in [2.45, 2.75) is 31.2 Å². The number of halogens is 1. The standard InChI is InChI=1S/C20H17FN4O2S/c1-3-17-23-24-18(27-17)11-28-20-22-16-7-5-4-6-14(16)19(26)25(20)13-9-8-12(2)15(21)10-13/h4-10H,3,11H2,1-2H3. The van der Waals surface area contributed by atoms with E-state index in [2.05, 4.69) is 15.2 Å². The normalized spacial score (nSPS) is 11.2. The van der Waals surface area contributed by atoms with Gasteiger partial charge in [0.25, 0.3) is 5.56 Å². The lowest BCUT2D eigenvalue weighted by atomic mass is 10.2. The SMILES string of the molecule is CCc1nnc(CSc2nc3ccccc3c(=O)n2-c2ccc(C)c(F)c2)o1. The second-order valence-corrected chi connectivity index (χ2v) is 7.16. The molecule has 0 amide bonds. The molecule has 4 rings (SSSR count). The van der Waals surface area contributed by atoms with Gasteiger partial charge < -0.3 is 4.42 Å². The third-order valence-corrected chi connectivity index (χ3v) is 5.22. The molecule has 0 N–H and O–H groups in total. The molecule has 0 saturated heterocycles. The van der Waals surface area contributed by atoms with E-state index in [0.717, 1.165) is 0 Å². The number of para-hydroxylation sites is 1. The van der Waals surface area contributed by atoms with Crippen molar-refractivity contribution in [1.29, 1.82) is 0 Å². The van der Waals surface area contributed by atoms with Crippen LogP contribution in [0.25, 0.3) is 16.6 Å². The summed E-state index contributed by atoms with van der Waals surface area (Å²) in [5.41, 5.74) is 1.26. The fourth-order valence-corrected chi connectivity index (χ4v) is 3.62. The second kappa shape index (κ2) is 7.55. The van der Waals surface area contributed by atoms with Crippen molar-refractivity contribution in [1.82, 2.24) is 19.7 Å². The number of fused-ring (bicyclic) bond motifs is 1. The average molecular weight is 396 g/mol. The lowest BCUT2D eigenvalue weighted by Gasteiger charge is -2.13. The highest BCUT2D eigenvalue weighted by Gasteiger charge is 2.16. The van der Waals surface area contributed by atoms with Crippen LogP contribution < -0.4 is 5.56 Å². The van der Waals surface area contributed by atoms with Gasteiger partial charge in [0.15, 0.2) is 5.16 Å². The Balaban J connectivity index is 1.83. The maximum atomic E-state index is 14.2. The number of hydrogen-bond donors (Lipinski definition) is 0. The van der Waals surface area contributed by atoms with Gasteiger partial charge in [0.2, 0.25) is 11.8 Å². The molecule has 2 heterocycles. The molecule has 0 radical (unpaired) electrons. The van der Waals surface area contributed by atoms with E-state index in [0.29, 0.717) is 51.3 Å². The van der Waals surface area contributed by atoms with Gasteiger partial charge in [-0.3, -0.25) is 9.36 Å². The summed E-state index contributed by atoms with van der Waals surface area (Å²) in [4.78, 5) is 17.8. The first kappa shape index (κ1) is 18.4. The van der Waals surface area contributed by atoms with E-state index in [1.807, 2.05) is 13.0 Å². The third-order valence-electron chi connectivity index (χ3n) is 4.29. The van der Waals surface area contributed by atoms with Crippen LogP contribution in [0.1, 0.15) is 24.3 Å². The Morgan fingerprint density at radius 1 is 1.14 bits per heavy atom. The first-order chi connectivity index (χ1) is 13.6. The first-order valence-corrected chi connectivity index (χ1v) is 9.77. The Kier molecular flexibility index (Phi) is 4.95. The van der Waals surface area contributed by atoms with Crippen molar-refractivity contribution in [2.75, 3.05) is 0 Å². The Morgan fingerprint density at radius 3 is 2.68 bits per heavy atom. The van der Waals surface area contributed by atoms with Crippen LogP contribution in [0.4, 0.5) is 4.39 Å². The fraction of sp³-hybridized carbons (Fsp3) is 0.200. The van der Waals surface area contributed by atoms with Gasteiger partial charge in [-0.2, -0.15) is 0 Å². The number of aromatic nitrogens is 4. The van der Waals surface area contributed by atoms with Gasteiger partial charge in [-0.15, -0.1) is 10.2 Å². The Bertz CT molecular complexity index is 1220. The molecule has 2 aromatic carbocycles. The highest BCUT2D eigenvalue weighted by molar-refractivity contribution is 7.98. The predicted octanol–water partition coefficient (Wildman–Crippen LogP) is 4.07. The van der Waals surface area contributed by atoms with E-state index < -0.39 is 0 Å². The summed E-state index contributed by atoms with van der Waals surface area (Å²) in [7, 11) is 0. The average Bonchev–Trinajstić information content (AvgIpc) is 3.17. The topological polar surface area (TPSA) is 73.8 Å². The fourth-order valence-electron chi connectivity index (χ4n) is 2.77. The van der Waals surface area contributed by atoms with E-state index in [-0.39, 0.29) is 11.4 Å². The van der Waals surface area contributed by atoms with Gasteiger partial charge in [0, 0.05) is 6.42 Å². The van der Waals surface area contributed by atoms with Crippen LogP contribution in [0.5, 0.6) is 0 Å². The monoisotopic (exact) mass is 396 g/mol. The minimum atomic E-state index is -0.377. The Hall–Kier alpha value is -3.00. The largest absolute Gasteiger partial charge is 0.424 e. The van der Waals surface area contributed by atoms with Crippen LogP contribution in [0, 0.1) is 12.7 Å².